The van der Waals surface area contributed by atoms with Crippen molar-refractivity contribution < 1.29 is 14.3 Å². The summed E-state index contributed by atoms with van der Waals surface area (Å²) in [5.41, 5.74) is 6.81. The van der Waals surface area contributed by atoms with Gasteiger partial charge in [0.05, 0.1) is 18.9 Å². The molecule has 1 aromatic carbocycles. The Labute approximate surface area is 113 Å². The van der Waals surface area contributed by atoms with E-state index >= 15 is 0 Å². The number of carbonyl (C=O) groups excluding carboxylic acids is 1. The summed E-state index contributed by atoms with van der Waals surface area (Å²) in [5, 5.41) is 2.97. The first-order valence-corrected chi connectivity index (χ1v) is 6.50. The van der Waals surface area contributed by atoms with Crippen LogP contribution in [0.2, 0.25) is 0 Å². The largest absolute Gasteiger partial charge is 0.495 e. The van der Waals surface area contributed by atoms with Gasteiger partial charge in [-0.2, -0.15) is 0 Å². The number of anilines is 1. The van der Waals surface area contributed by atoms with E-state index in [1.165, 1.54) is 0 Å². The molecule has 1 aromatic rings. The molecule has 0 radical (unpaired) electrons. The van der Waals surface area contributed by atoms with Crippen molar-refractivity contribution in [2.75, 3.05) is 19.5 Å². The fraction of sp³-hybridized carbons (Fsp3) is 0.500. The van der Waals surface area contributed by atoms with E-state index in [0.717, 1.165) is 19.4 Å². The van der Waals surface area contributed by atoms with Crippen LogP contribution in [0.25, 0.3) is 0 Å². The molecular weight excluding hydrogens is 244 g/mol. The molecule has 3 N–H and O–H groups in total. The first-order valence-electron chi connectivity index (χ1n) is 6.50. The monoisotopic (exact) mass is 264 g/mol. The Morgan fingerprint density at radius 3 is 2.79 bits per heavy atom. The third-order valence-electron chi connectivity index (χ3n) is 3.32. The molecule has 0 atom stereocenters. The van der Waals surface area contributed by atoms with Gasteiger partial charge in [-0.1, -0.05) is 0 Å². The van der Waals surface area contributed by atoms with E-state index in [9.17, 15) is 4.79 Å². The van der Waals surface area contributed by atoms with Crippen LogP contribution in [0, 0.1) is 0 Å². The van der Waals surface area contributed by atoms with Crippen molar-refractivity contribution in [1.29, 1.82) is 0 Å². The number of hydrogen-bond acceptors (Lipinski definition) is 4. The second-order valence-corrected chi connectivity index (χ2v) is 4.68. The van der Waals surface area contributed by atoms with Crippen molar-refractivity contribution in [2.45, 2.75) is 31.9 Å². The Kier molecular flexibility index (Phi) is 4.27. The molecule has 1 aliphatic carbocycles. The highest BCUT2D eigenvalue weighted by molar-refractivity contribution is 5.95. The summed E-state index contributed by atoms with van der Waals surface area (Å²) in [6.07, 6.45) is 2.05. The topological polar surface area (TPSA) is 73.6 Å². The van der Waals surface area contributed by atoms with Gasteiger partial charge >= 0.3 is 0 Å². The highest BCUT2D eigenvalue weighted by atomic mass is 16.5. The third kappa shape index (κ3) is 3.17. The molecule has 0 spiro atoms. The molecule has 5 nitrogen and oxygen atoms in total. The molecule has 1 saturated carbocycles. The van der Waals surface area contributed by atoms with E-state index < -0.39 is 0 Å². The Bertz CT molecular complexity index is 456. The first-order chi connectivity index (χ1) is 9.13. The number of benzene rings is 1. The van der Waals surface area contributed by atoms with Gasteiger partial charge in [0.15, 0.2) is 0 Å². The van der Waals surface area contributed by atoms with Crippen molar-refractivity contribution in [1.82, 2.24) is 5.32 Å². The predicted octanol–water partition coefficient (Wildman–Crippen LogP) is 1.57. The number of carbonyl (C=O) groups is 1. The van der Waals surface area contributed by atoms with E-state index in [1.807, 2.05) is 6.92 Å². The van der Waals surface area contributed by atoms with Crippen molar-refractivity contribution in [3.63, 3.8) is 0 Å². The SMILES string of the molecule is CCOC1CC(NC(=O)c2ccc(OC)c(N)c2)C1. The van der Waals surface area contributed by atoms with Crippen LogP contribution in [0.15, 0.2) is 18.2 Å². The Balaban J connectivity index is 1.89. The van der Waals surface area contributed by atoms with E-state index in [4.69, 9.17) is 15.2 Å². The third-order valence-corrected chi connectivity index (χ3v) is 3.32. The van der Waals surface area contributed by atoms with Crippen LogP contribution in [-0.4, -0.2) is 31.8 Å². The molecule has 1 fully saturated rings. The Morgan fingerprint density at radius 1 is 1.47 bits per heavy atom. The molecule has 0 unspecified atom stereocenters. The number of nitrogens with two attached hydrogens (primary N) is 1. The molecule has 1 amide bonds. The smallest absolute Gasteiger partial charge is 0.251 e. The number of hydrogen-bond donors (Lipinski definition) is 2. The molecule has 19 heavy (non-hydrogen) atoms. The van der Waals surface area contributed by atoms with Crippen LogP contribution < -0.4 is 15.8 Å². The number of nitrogens with one attached hydrogen (secondary N) is 1. The lowest BCUT2D eigenvalue weighted by Crippen LogP contribution is -2.47. The normalized spacial score (nSPS) is 21.6. The summed E-state index contributed by atoms with van der Waals surface area (Å²) in [7, 11) is 1.55. The molecule has 0 heterocycles. The number of ether oxygens (including phenoxy) is 2. The van der Waals surface area contributed by atoms with E-state index in [-0.39, 0.29) is 18.1 Å². The zero-order valence-corrected chi connectivity index (χ0v) is 11.3. The fourth-order valence-electron chi connectivity index (χ4n) is 2.20. The van der Waals surface area contributed by atoms with E-state index in [1.54, 1.807) is 25.3 Å². The van der Waals surface area contributed by atoms with Crippen LogP contribution >= 0.6 is 0 Å². The summed E-state index contributed by atoms with van der Waals surface area (Å²) in [4.78, 5) is 12.0. The summed E-state index contributed by atoms with van der Waals surface area (Å²) in [6, 6.07) is 5.25. The number of nitrogen functional groups attached to an aromatic ring is 1. The molecule has 0 bridgehead atoms. The van der Waals surface area contributed by atoms with E-state index in [0.29, 0.717) is 17.0 Å². The summed E-state index contributed by atoms with van der Waals surface area (Å²) < 4.78 is 10.5. The summed E-state index contributed by atoms with van der Waals surface area (Å²) in [6.45, 7) is 2.70. The zero-order valence-electron chi connectivity index (χ0n) is 11.3. The average Bonchev–Trinajstić information content (AvgIpc) is 2.36. The van der Waals surface area contributed by atoms with Crippen LogP contribution in [0.5, 0.6) is 5.75 Å². The Morgan fingerprint density at radius 2 is 2.21 bits per heavy atom. The molecule has 0 aromatic heterocycles. The van der Waals surface area contributed by atoms with Gasteiger partial charge in [0, 0.05) is 18.2 Å². The maximum Gasteiger partial charge on any atom is 0.251 e. The van der Waals surface area contributed by atoms with Crippen molar-refractivity contribution >= 4 is 11.6 Å². The van der Waals surface area contributed by atoms with Gasteiger partial charge in [-0.15, -0.1) is 0 Å². The van der Waals surface area contributed by atoms with Gasteiger partial charge in [0.2, 0.25) is 0 Å². The molecule has 104 valence electrons. The Hall–Kier alpha value is -1.75. The lowest BCUT2D eigenvalue weighted by atomic mass is 9.89. The highest BCUT2D eigenvalue weighted by Crippen LogP contribution is 2.25. The number of methoxy groups -OCH3 is 1. The van der Waals surface area contributed by atoms with E-state index in [2.05, 4.69) is 5.32 Å². The lowest BCUT2D eigenvalue weighted by Gasteiger charge is -2.35. The maximum atomic E-state index is 12.0. The zero-order chi connectivity index (χ0) is 13.8. The second kappa shape index (κ2) is 5.93. The average molecular weight is 264 g/mol. The van der Waals surface area contributed by atoms with Gasteiger partial charge in [0.25, 0.3) is 5.91 Å². The molecule has 5 heteroatoms. The summed E-state index contributed by atoms with van der Waals surface area (Å²) in [5.74, 6) is 0.478. The minimum Gasteiger partial charge on any atom is -0.495 e. The molecule has 2 rings (SSSR count). The van der Waals surface area contributed by atoms with Gasteiger partial charge in [0.1, 0.15) is 5.75 Å². The lowest BCUT2D eigenvalue weighted by molar-refractivity contribution is -0.00862. The summed E-state index contributed by atoms with van der Waals surface area (Å²) >= 11 is 0. The van der Waals surface area contributed by atoms with Gasteiger partial charge < -0.3 is 20.5 Å². The molecule has 1 aliphatic rings. The fourth-order valence-corrected chi connectivity index (χ4v) is 2.20. The maximum absolute atomic E-state index is 12.0. The van der Waals surface area contributed by atoms with Gasteiger partial charge in [-0.05, 0) is 38.0 Å². The van der Waals surface area contributed by atoms with Gasteiger partial charge in [-0.3, -0.25) is 4.79 Å². The van der Waals surface area contributed by atoms with Crippen LogP contribution in [0.1, 0.15) is 30.1 Å². The minimum atomic E-state index is -0.102. The van der Waals surface area contributed by atoms with Crippen molar-refractivity contribution in [3.05, 3.63) is 23.8 Å². The van der Waals surface area contributed by atoms with Crippen LogP contribution in [0.4, 0.5) is 5.69 Å². The molecular formula is C14H20N2O3. The minimum absolute atomic E-state index is 0.102. The standard InChI is InChI=1S/C14H20N2O3/c1-3-19-11-7-10(8-11)16-14(17)9-4-5-13(18-2)12(15)6-9/h4-6,10-11H,3,7-8,15H2,1-2H3,(H,16,17). The number of rotatable bonds is 5. The molecule has 0 aliphatic heterocycles. The molecule has 0 saturated heterocycles. The van der Waals surface area contributed by atoms with Crippen molar-refractivity contribution in [3.8, 4) is 5.75 Å². The number of amides is 1. The van der Waals surface area contributed by atoms with Crippen LogP contribution in [0.3, 0.4) is 0 Å². The van der Waals surface area contributed by atoms with Crippen molar-refractivity contribution in [2.24, 2.45) is 0 Å². The first kappa shape index (κ1) is 13.7. The quantitative estimate of drug-likeness (QED) is 0.792. The van der Waals surface area contributed by atoms with Gasteiger partial charge in [-0.25, -0.2) is 0 Å². The predicted molar refractivity (Wildman–Crippen MR) is 73.3 cm³/mol. The highest BCUT2D eigenvalue weighted by Gasteiger charge is 2.30. The van der Waals surface area contributed by atoms with Crippen LogP contribution in [-0.2, 0) is 4.74 Å². The second-order valence-electron chi connectivity index (χ2n) is 4.68.